The van der Waals surface area contributed by atoms with Crippen LogP contribution in [0.2, 0.25) is 5.02 Å². The molecule has 0 heterocycles. The van der Waals surface area contributed by atoms with Gasteiger partial charge in [-0.2, -0.15) is 13.2 Å². The van der Waals surface area contributed by atoms with E-state index in [2.05, 4.69) is 15.4 Å². The zero-order valence-corrected chi connectivity index (χ0v) is 26.1. The van der Waals surface area contributed by atoms with E-state index in [-0.39, 0.29) is 21.2 Å². The molecule has 1 fully saturated rings. The van der Waals surface area contributed by atoms with Crippen molar-refractivity contribution in [2.24, 2.45) is 5.92 Å². The fraction of sp³-hybridized carbons (Fsp3) is 0.233. The fourth-order valence-electron chi connectivity index (χ4n) is 4.70. The minimum atomic E-state index is -5.25. The third kappa shape index (κ3) is 8.35. The van der Waals surface area contributed by atoms with E-state index in [1.165, 1.54) is 6.07 Å². The number of carbonyl (C=O) groups is 3. The number of amides is 3. The maximum Gasteiger partial charge on any atom is 0.523 e. The van der Waals surface area contributed by atoms with E-state index in [9.17, 15) is 49.5 Å². The van der Waals surface area contributed by atoms with Crippen molar-refractivity contribution >= 4 is 69.6 Å². The molecule has 7 nitrogen and oxygen atoms in total. The quantitative estimate of drug-likeness (QED) is 0.131. The zero-order chi connectivity index (χ0) is 36.6. The van der Waals surface area contributed by atoms with Gasteiger partial charge < -0.3 is 10.6 Å². The van der Waals surface area contributed by atoms with Gasteiger partial charge in [0.1, 0.15) is 28.3 Å². The van der Waals surface area contributed by atoms with Crippen LogP contribution in [0.25, 0.3) is 0 Å². The number of hydrogen-bond donors (Lipinski definition) is 2. The van der Waals surface area contributed by atoms with Crippen LogP contribution < -0.4 is 15.5 Å². The highest BCUT2D eigenvalue weighted by Gasteiger charge is 2.67. The van der Waals surface area contributed by atoms with Crippen molar-refractivity contribution in [3.05, 3.63) is 87.7 Å². The lowest BCUT2D eigenvalue weighted by molar-refractivity contribution is -0.320. The number of anilines is 3. The van der Waals surface area contributed by atoms with Gasteiger partial charge >= 0.3 is 12.5 Å². The van der Waals surface area contributed by atoms with Gasteiger partial charge in [0.25, 0.3) is 11.8 Å². The van der Waals surface area contributed by atoms with Crippen molar-refractivity contribution < 1.29 is 58.6 Å². The second-order valence-corrected chi connectivity index (χ2v) is 12.0. The van der Waals surface area contributed by atoms with E-state index in [0.717, 1.165) is 24.3 Å². The Labute approximate surface area is 285 Å². The first-order chi connectivity index (χ1) is 22.7. The van der Waals surface area contributed by atoms with Crippen molar-refractivity contribution in [1.29, 1.82) is 0 Å². The number of carbonyl (C=O) groups excluding carboxylic acids is 3. The summed E-state index contributed by atoms with van der Waals surface area (Å²) in [7, 11) is 0. The van der Waals surface area contributed by atoms with Gasteiger partial charge in [0.15, 0.2) is 5.82 Å². The standard InChI is InChI=1S/C30H17Cl3F9N3O4/c1-2-9-45(21(46)12-49-30(40,41)42)25-19(35)7-8-20(24(25)36)44-26(47)15-11-14(4-5-17(15)31)43-27(48)23-22(28(23,32)33)13-3-6-18(34)16(10-13)29(37,38)39/h1,3-8,10-11,22-23H,9,12H2,(H,43,48)(H,44,47)/t22-,23?/m0/s1. The number of hydrogen-bond acceptors (Lipinski definition) is 4. The third-order valence-electron chi connectivity index (χ3n) is 6.96. The number of ether oxygens (including phenoxy) is 1. The van der Waals surface area contributed by atoms with Crippen LogP contribution in [0.5, 0.6) is 0 Å². The topological polar surface area (TPSA) is 87.7 Å². The monoisotopic (exact) mass is 759 g/mol. The largest absolute Gasteiger partial charge is 0.523 e. The van der Waals surface area contributed by atoms with Gasteiger partial charge in [-0.15, -0.1) is 42.8 Å². The molecule has 0 aliphatic heterocycles. The average Bonchev–Trinajstić information content (AvgIpc) is 3.58. The molecule has 2 atom stereocenters. The van der Waals surface area contributed by atoms with Crippen LogP contribution in [0.15, 0.2) is 48.5 Å². The highest BCUT2D eigenvalue weighted by molar-refractivity contribution is 6.53. The Morgan fingerprint density at radius 3 is 2.20 bits per heavy atom. The Balaban J connectivity index is 1.55. The summed E-state index contributed by atoms with van der Waals surface area (Å²) in [4.78, 5) is 38.6. The van der Waals surface area contributed by atoms with Gasteiger partial charge in [-0.25, -0.2) is 13.2 Å². The number of terminal acetylenes is 1. The summed E-state index contributed by atoms with van der Waals surface area (Å²) < 4.78 is 122. The Hall–Kier alpha value is -4.17. The number of nitrogens with one attached hydrogen (secondary N) is 2. The number of benzene rings is 3. The molecular formula is C30H17Cl3F9N3O4. The van der Waals surface area contributed by atoms with Crippen molar-refractivity contribution in [1.82, 2.24) is 0 Å². The summed E-state index contributed by atoms with van der Waals surface area (Å²) in [6.45, 7) is -2.57. The van der Waals surface area contributed by atoms with Crippen molar-refractivity contribution in [2.45, 2.75) is 22.8 Å². The molecule has 0 aromatic heterocycles. The molecule has 49 heavy (non-hydrogen) atoms. The molecule has 0 bridgehead atoms. The van der Waals surface area contributed by atoms with Crippen LogP contribution >= 0.6 is 34.8 Å². The molecule has 3 aromatic carbocycles. The predicted molar refractivity (Wildman–Crippen MR) is 160 cm³/mol. The van der Waals surface area contributed by atoms with Gasteiger partial charge in [0.2, 0.25) is 5.91 Å². The number of nitrogens with zero attached hydrogens (tertiary/aromatic N) is 1. The number of halogens is 12. The second kappa shape index (κ2) is 14.0. The van der Waals surface area contributed by atoms with Gasteiger partial charge in [-0.1, -0.05) is 23.6 Å². The fourth-order valence-corrected chi connectivity index (χ4v) is 5.73. The first-order valence-electron chi connectivity index (χ1n) is 13.3. The van der Waals surface area contributed by atoms with E-state index in [0.29, 0.717) is 18.2 Å². The van der Waals surface area contributed by atoms with E-state index in [1.54, 1.807) is 0 Å². The summed E-state index contributed by atoms with van der Waals surface area (Å²) >= 11 is 18.5. The Morgan fingerprint density at radius 2 is 1.59 bits per heavy atom. The van der Waals surface area contributed by atoms with E-state index in [4.69, 9.17) is 41.2 Å². The summed E-state index contributed by atoms with van der Waals surface area (Å²) in [6, 6.07) is 6.68. The normalized spacial score (nSPS) is 16.8. The van der Waals surface area contributed by atoms with Crippen LogP contribution in [0.4, 0.5) is 56.6 Å². The van der Waals surface area contributed by atoms with Crippen LogP contribution in [0.1, 0.15) is 27.4 Å². The Kier molecular flexibility index (Phi) is 10.7. The highest BCUT2D eigenvalue weighted by Crippen LogP contribution is 2.65. The number of rotatable bonds is 9. The minimum Gasteiger partial charge on any atom is -0.326 e. The smallest absolute Gasteiger partial charge is 0.326 e. The van der Waals surface area contributed by atoms with Gasteiger partial charge in [0.05, 0.1) is 34.3 Å². The Morgan fingerprint density at radius 1 is 0.939 bits per heavy atom. The molecule has 1 aliphatic rings. The molecule has 3 aromatic rings. The molecule has 1 aliphatic carbocycles. The zero-order valence-electron chi connectivity index (χ0n) is 23.9. The molecule has 19 heteroatoms. The molecule has 3 amide bonds. The van der Waals surface area contributed by atoms with Gasteiger partial charge in [-0.3, -0.25) is 24.0 Å². The molecule has 4 rings (SSSR count). The average molecular weight is 761 g/mol. The highest BCUT2D eigenvalue weighted by atomic mass is 35.5. The predicted octanol–water partition coefficient (Wildman–Crippen LogP) is 8.06. The van der Waals surface area contributed by atoms with Crippen molar-refractivity contribution in [3.8, 4) is 12.3 Å². The second-order valence-electron chi connectivity index (χ2n) is 10.2. The van der Waals surface area contributed by atoms with E-state index < -0.39 is 99.5 Å². The molecule has 0 radical (unpaired) electrons. The SMILES string of the molecule is C#CCN(C(=O)COC(F)(F)F)c1c(F)ccc(NC(=O)c2cc(NC(=O)C3[C@H](c4ccc(F)c(C(F)(F)F)c4)C3(Cl)Cl)ccc2Cl)c1F. The molecule has 1 saturated carbocycles. The molecular weight excluding hydrogens is 744 g/mol. The van der Waals surface area contributed by atoms with E-state index in [1.807, 2.05) is 5.92 Å². The summed E-state index contributed by atoms with van der Waals surface area (Å²) in [5, 5.41) is 4.18. The van der Waals surface area contributed by atoms with E-state index >= 15 is 4.39 Å². The summed E-state index contributed by atoms with van der Waals surface area (Å²) in [5.74, 6) is -8.89. The molecule has 1 unspecified atom stereocenters. The van der Waals surface area contributed by atoms with Crippen molar-refractivity contribution in [3.63, 3.8) is 0 Å². The Bertz CT molecular complexity index is 1860. The minimum absolute atomic E-state index is 0.125. The number of alkyl halides is 8. The lowest BCUT2D eigenvalue weighted by Crippen LogP contribution is -2.37. The van der Waals surface area contributed by atoms with Gasteiger partial charge in [-0.05, 0) is 48.0 Å². The van der Waals surface area contributed by atoms with Crippen molar-refractivity contribution in [2.75, 3.05) is 28.7 Å². The molecule has 2 N–H and O–H groups in total. The molecule has 0 spiro atoms. The first kappa shape index (κ1) is 37.6. The lowest BCUT2D eigenvalue weighted by atomic mass is 10.0. The van der Waals surface area contributed by atoms with Crippen LogP contribution in [-0.4, -0.2) is 41.6 Å². The maximum absolute atomic E-state index is 15.4. The molecule has 260 valence electrons. The third-order valence-corrected chi connectivity index (χ3v) is 8.23. The lowest BCUT2D eigenvalue weighted by Gasteiger charge is -2.23. The van der Waals surface area contributed by atoms with Crippen LogP contribution in [0.3, 0.4) is 0 Å². The maximum atomic E-state index is 15.4. The van der Waals surface area contributed by atoms with Crippen LogP contribution in [-0.2, 0) is 20.5 Å². The van der Waals surface area contributed by atoms with Gasteiger partial charge in [0, 0.05) is 11.6 Å². The van der Waals surface area contributed by atoms with Crippen LogP contribution in [0, 0.1) is 35.7 Å². The summed E-state index contributed by atoms with van der Waals surface area (Å²) in [5.41, 5.74) is -4.28. The summed E-state index contributed by atoms with van der Waals surface area (Å²) in [6.07, 6.45) is -5.18. The molecule has 0 saturated heterocycles. The first-order valence-corrected chi connectivity index (χ1v) is 14.4.